The molecule has 0 unspecified atom stereocenters. The maximum atomic E-state index is 6.46. The van der Waals surface area contributed by atoms with E-state index in [1.54, 1.807) is 6.08 Å². The molecule has 0 radical (unpaired) electrons. The smallest absolute Gasteiger partial charge is 0.0921 e. The highest BCUT2D eigenvalue weighted by Crippen LogP contribution is 2.35. The van der Waals surface area contributed by atoms with Gasteiger partial charge < -0.3 is 5.73 Å². The first-order chi connectivity index (χ1) is 13.6. The fraction of sp³-hybridized carbons (Fsp3) is 0.0833. The van der Waals surface area contributed by atoms with Gasteiger partial charge in [0.2, 0.25) is 0 Å². The zero-order valence-corrected chi connectivity index (χ0v) is 16.4. The summed E-state index contributed by atoms with van der Waals surface area (Å²) in [6.45, 7) is 5.93. The largest absolute Gasteiger partial charge is 0.398 e. The molecule has 0 fully saturated rings. The van der Waals surface area contributed by atoms with E-state index in [4.69, 9.17) is 17.3 Å². The molecule has 0 bridgehead atoms. The van der Waals surface area contributed by atoms with Crippen LogP contribution in [0.1, 0.15) is 22.4 Å². The van der Waals surface area contributed by atoms with Crippen LogP contribution in [0.3, 0.4) is 0 Å². The molecular formula is C24H20ClN3. The van der Waals surface area contributed by atoms with Crippen LogP contribution in [0.2, 0.25) is 5.02 Å². The van der Waals surface area contributed by atoms with E-state index >= 15 is 0 Å². The van der Waals surface area contributed by atoms with E-state index < -0.39 is 0 Å². The molecule has 4 rings (SSSR count). The van der Waals surface area contributed by atoms with Gasteiger partial charge in [0.1, 0.15) is 0 Å². The third-order valence-electron chi connectivity index (χ3n) is 5.05. The van der Waals surface area contributed by atoms with Crippen molar-refractivity contribution in [2.45, 2.75) is 13.3 Å². The Hall–Kier alpha value is -3.17. The monoisotopic (exact) mass is 385 g/mol. The van der Waals surface area contributed by atoms with Crippen LogP contribution >= 0.6 is 11.6 Å². The van der Waals surface area contributed by atoms with Gasteiger partial charge in [-0.3, -0.25) is 9.97 Å². The van der Waals surface area contributed by atoms with Crippen LogP contribution in [-0.4, -0.2) is 9.97 Å². The van der Waals surface area contributed by atoms with Gasteiger partial charge >= 0.3 is 0 Å². The summed E-state index contributed by atoms with van der Waals surface area (Å²) in [5.41, 5.74) is 13.8. The van der Waals surface area contributed by atoms with Gasteiger partial charge in [-0.1, -0.05) is 54.6 Å². The molecule has 0 aliphatic rings. The molecule has 0 aliphatic carbocycles. The Kier molecular flexibility index (Phi) is 4.84. The molecule has 2 aromatic carbocycles. The van der Waals surface area contributed by atoms with Gasteiger partial charge in [0, 0.05) is 29.8 Å². The molecular weight excluding hydrogens is 366 g/mol. The van der Waals surface area contributed by atoms with E-state index in [-0.39, 0.29) is 0 Å². The third-order valence-corrected chi connectivity index (χ3v) is 5.48. The van der Waals surface area contributed by atoms with Gasteiger partial charge in [0.15, 0.2) is 0 Å². The van der Waals surface area contributed by atoms with Gasteiger partial charge in [-0.25, -0.2) is 0 Å². The Balaban J connectivity index is 1.79. The maximum Gasteiger partial charge on any atom is 0.0921 e. The summed E-state index contributed by atoms with van der Waals surface area (Å²) in [5, 5.41) is 1.65. The number of pyridine rings is 2. The lowest BCUT2D eigenvalue weighted by atomic mass is 9.93. The first-order valence-electron chi connectivity index (χ1n) is 9.07. The second-order valence-electron chi connectivity index (χ2n) is 6.78. The highest BCUT2D eigenvalue weighted by atomic mass is 35.5. The Morgan fingerprint density at radius 3 is 2.68 bits per heavy atom. The van der Waals surface area contributed by atoms with Crippen molar-refractivity contribution >= 4 is 34.3 Å². The minimum atomic E-state index is 0.585. The van der Waals surface area contributed by atoms with Crippen LogP contribution in [0.25, 0.3) is 28.1 Å². The minimum Gasteiger partial charge on any atom is -0.398 e. The average molecular weight is 386 g/mol. The van der Waals surface area contributed by atoms with Crippen molar-refractivity contribution in [2.75, 3.05) is 5.73 Å². The lowest BCUT2D eigenvalue weighted by Crippen LogP contribution is -1.99. The quantitative estimate of drug-likeness (QED) is 0.433. The summed E-state index contributed by atoms with van der Waals surface area (Å²) in [4.78, 5) is 9.21. The van der Waals surface area contributed by atoms with Crippen molar-refractivity contribution in [3.05, 3.63) is 94.9 Å². The predicted octanol–water partition coefficient (Wildman–Crippen LogP) is 6.07. The van der Waals surface area contributed by atoms with Crippen LogP contribution in [0, 0.1) is 6.92 Å². The molecule has 0 spiro atoms. The Morgan fingerprint density at radius 1 is 1.07 bits per heavy atom. The lowest BCUT2D eigenvalue weighted by molar-refractivity contribution is 1.07. The summed E-state index contributed by atoms with van der Waals surface area (Å²) in [7, 11) is 0. The normalized spacial score (nSPS) is 10.9. The van der Waals surface area contributed by atoms with Crippen molar-refractivity contribution in [3.8, 4) is 11.1 Å². The summed E-state index contributed by atoms with van der Waals surface area (Å²) < 4.78 is 0. The van der Waals surface area contributed by atoms with E-state index in [0.717, 1.165) is 38.9 Å². The molecule has 4 aromatic rings. The minimum absolute atomic E-state index is 0.585. The van der Waals surface area contributed by atoms with Gasteiger partial charge in [0.25, 0.3) is 0 Å². The van der Waals surface area contributed by atoms with Crippen LogP contribution in [0.15, 0.2) is 67.5 Å². The van der Waals surface area contributed by atoms with E-state index in [2.05, 4.69) is 41.7 Å². The molecule has 2 aromatic heterocycles. The third kappa shape index (κ3) is 3.25. The number of nitrogens with two attached hydrogens (primary N) is 1. The second kappa shape index (κ2) is 7.45. The summed E-state index contributed by atoms with van der Waals surface area (Å²) in [6.07, 6.45) is 6.16. The van der Waals surface area contributed by atoms with Crippen LogP contribution in [0.4, 0.5) is 5.69 Å². The fourth-order valence-corrected chi connectivity index (χ4v) is 3.71. The molecule has 2 heterocycles. The Morgan fingerprint density at radius 2 is 1.86 bits per heavy atom. The van der Waals surface area contributed by atoms with Crippen molar-refractivity contribution < 1.29 is 0 Å². The van der Waals surface area contributed by atoms with Gasteiger partial charge in [0.05, 0.1) is 21.9 Å². The highest BCUT2D eigenvalue weighted by molar-refractivity contribution is 6.35. The molecule has 138 valence electrons. The van der Waals surface area contributed by atoms with E-state index in [1.165, 1.54) is 5.56 Å². The predicted molar refractivity (Wildman–Crippen MR) is 118 cm³/mol. The number of aromatic nitrogens is 2. The number of benzene rings is 2. The molecule has 0 atom stereocenters. The van der Waals surface area contributed by atoms with E-state index in [1.807, 2.05) is 42.7 Å². The molecule has 0 saturated carbocycles. The Labute approximate surface area is 169 Å². The zero-order valence-electron chi connectivity index (χ0n) is 15.6. The number of nitrogens with zero attached hydrogens (tertiary/aromatic N) is 2. The van der Waals surface area contributed by atoms with Crippen molar-refractivity contribution in [2.24, 2.45) is 0 Å². The van der Waals surface area contributed by atoms with E-state index in [9.17, 15) is 0 Å². The molecule has 0 aliphatic heterocycles. The van der Waals surface area contributed by atoms with Crippen LogP contribution in [-0.2, 0) is 6.42 Å². The first-order valence-corrected chi connectivity index (χ1v) is 9.45. The number of hydrogen-bond acceptors (Lipinski definition) is 3. The van der Waals surface area contributed by atoms with Gasteiger partial charge in [-0.05, 0) is 47.4 Å². The first kappa shape index (κ1) is 18.2. The zero-order chi connectivity index (χ0) is 19.7. The Bertz CT molecular complexity index is 1200. The SMILES string of the molecule is C=Cc1cnc2c(Cc3cccc(-c4cccc(N)c4Cl)c3C)nccc2c1. The van der Waals surface area contributed by atoms with Crippen LogP contribution < -0.4 is 5.73 Å². The summed E-state index contributed by atoms with van der Waals surface area (Å²) in [6, 6.07) is 16.0. The van der Waals surface area contributed by atoms with Gasteiger partial charge in [-0.2, -0.15) is 0 Å². The molecule has 28 heavy (non-hydrogen) atoms. The standard InChI is InChI=1S/C24H20ClN3/c1-3-16-12-18-10-11-27-22(24(18)28-14-16)13-17-6-4-7-19(15(17)2)20-8-5-9-21(26)23(20)25/h3-12,14H,1,13,26H2,2H3. The maximum absolute atomic E-state index is 6.46. The molecule has 3 nitrogen and oxygen atoms in total. The number of fused-ring (bicyclic) bond motifs is 1. The number of rotatable bonds is 4. The number of hydrogen-bond donors (Lipinski definition) is 1. The van der Waals surface area contributed by atoms with Crippen molar-refractivity contribution in [1.82, 2.24) is 9.97 Å². The summed E-state index contributed by atoms with van der Waals surface area (Å²) in [5.74, 6) is 0. The molecule has 2 N–H and O–H groups in total. The van der Waals surface area contributed by atoms with Crippen molar-refractivity contribution in [3.63, 3.8) is 0 Å². The second-order valence-corrected chi connectivity index (χ2v) is 7.16. The number of nitrogen functional groups attached to an aromatic ring is 1. The summed E-state index contributed by atoms with van der Waals surface area (Å²) >= 11 is 6.46. The number of anilines is 1. The molecule has 0 amide bonds. The van der Waals surface area contributed by atoms with Gasteiger partial charge in [-0.15, -0.1) is 0 Å². The average Bonchev–Trinajstić information content (AvgIpc) is 2.71. The van der Waals surface area contributed by atoms with Crippen LogP contribution in [0.5, 0.6) is 0 Å². The highest BCUT2D eigenvalue weighted by Gasteiger charge is 2.13. The fourth-order valence-electron chi connectivity index (χ4n) is 3.48. The van der Waals surface area contributed by atoms with Crippen molar-refractivity contribution in [1.29, 1.82) is 0 Å². The van der Waals surface area contributed by atoms with E-state index in [0.29, 0.717) is 17.1 Å². The number of halogens is 1. The topological polar surface area (TPSA) is 51.8 Å². The lowest BCUT2D eigenvalue weighted by Gasteiger charge is -2.14. The molecule has 0 saturated heterocycles. The molecule has 4 heteroatoms.